The number of para-hydroxylation sites is 1. The summed E-state index contributed by atoms with van der Waals surface area (Å²) in [6, 6.07) is 17.0. The Labute approximate surface area is 187 Å². The number of benzene rings is 2. The van der Waals surface area contributed by atoms with E-state index in [2.05, 4.69) is 40.2 Å². The van der Waals surface area contributed by atoms with Crippen LogP contribution in [0.25, 0.3) is 0 Å². The molecule has 0 radical (unpaired) electrons. The van der Waals surface area contributed by atoms with Gasteiger partial charge in [0.2, 0.25) is 0 Å². The van der Waals surface area contributed by atoms with E-state index in [4.69, 9.17) is 9.15 Å². The number of esters is 1. The van der Waals surface area contributed by atoms with E-state index in [0.29, 0.717) is 17.0 Å². The summed E-state index contributed by atoms with van der Waals surface area (Å²) in [4.78, 5) is 29.4. The van der Waals surface area contributed by atoms with E-state index < -0.39 is 5.97 Å². The van der Waals surface area contributed by atoms with Crippen LogP contribution in [0.3, 0.4) is 0 Å². The highest BCUT2D eigenvalue weighted by Crippen LogP contribution is 2.30. The number of ether oxygens (including phenoxy) is 1. The molecule has 0 spiro atoms. The van der Waals surface area contributed by atoms with Crippen LogP contribution in [0.1, 0.15) is 32.2 Å². The molecular weight excluding hydrogens is 406 g/mol. The van der Waals surface area contributed by atoms with Crippen LogP contribution in [0.15, 0.2) is 59.0 Å². The van der Waals surface area contributed by atoms with E-state index in [-0.39, 0.29) is 11.7 Å². The van der Waals surface area contributed by atoms with Gasteiger partial charge in [0.1, 0.15) is 5.76 Å². The number of hydrogen-bond donors (Lipinski definition) is 1. The Kier molecular flexibility index (Phi) is 6.16. The maximum absolute atomic E-state index is 12.7. The summed E-state index contributed by atoms with van der Waals surface area (Å²) in [6.45, 7) is 7.19. The summed E-state index contributed by atoms with van der Waals surface area (Å²) in [6.07, 6.45) is 0. The maximum atomic E-state index is 12.7. The molecule has 1 aromatic heterocycles. The van der Waals surface area contributed by atoms with Crippen LogP contribution in [0.4, 0.5) is 17.1 Å². The van der Waals surface area contributed by atoms with Gasteiger partial charge in [0.05, 0.1) is 24.0 Å². The van der Waals surface area contributed by atoms with Crippen molar-refractivity contribution in [1.29, 1.82) is 0 Å². The summed E-state index contributed by atoms with van der Waals surface area (Å²) >= 11 is 0. The molecular formula is C25H27N3O4. The predicted octanol–water partition coefficient (Wildman–Crippen LogP) is 4.26. The Balaban J connectivity index is 1.57. The second-order valence-corrected chi connectivity index (χ2v) is 7.85. The number of rotatable bonds is 5. The van der Waals surface area contributed by atoms with Crippen LogP contribution < -0.4 is 15.1 Å². The van der Waals surface area contributed by atoms with Gasteiger partial charge < -0.3 is 24.3 Å². The monoisotopic (exact) mass is 433 g/mol. The molecule has 1 amide bonds. The number of carbonyl (C=O) groups excluding carboxylic acids is 2. The first-order valence-corrected chi connectivity index (χ1v) is 10.6. The fourth-order valence-corrected chi connectivity index (χ4v) is 4.00. The number of nitrogens with one attached hydrogen (secondary N) is 1. The summed E-state index contributed by atoms with van der Waals surface area (Å²) in [5.41, 5.74) is 4.29. The van der Waals surface area contributed by atoms with Gasteiger partial charge in [-0.2, -0.15) is 0 Å². The fraction of sp³-hybridized carbons (Fsp3) is 0.280. The van der Waals surface area contributed by atoms with Gasteiger partial charge in [-0.15, -0.1) is 0 Å². The van der Waals surface area contributed by atoms with Gasteiger partial charge in [0.25, 0.3) is 5.91 Å². The van der Waals surface area contributed by atoms with Gasteiger partial charge in [0.15, 0.2) is 5.76 Å². The molecule has 1 aliphatic rings. The number of carbonyl (C=O) groups is 2. The second-order valence-electron chi connectivity index (χ2n) is 7.85. The van der Waals surface area contributed by atoms with Crippen LogP contribution in [0.2, 0.25) is 0 Å². The van der Waals surface area contributed by atoms with Crippen LogP contribution >= 0.6 is 0 Å². The number of amides is 1. The zero-order valence-electron chi connectivity index (χ0n) is 18.6. The van der Waals surface area contributed by atoms with Crippen molar-refractivity contribution in [2.45, 2.75) is 13.8 Å². The molecule has 0 atom stereocenters. The largest absolute Gasteiger partial charge is 0.465 e. The highest BCUT2D eigenvalue weighted by molar-refractivity contribution is 6.05. The Hall–Kier alpha value is -3.74. The number of hydrogen-bond acceptors (Lipinski definition) is 6. The van der Waals surface area contributed by atoms with Crippen molar-refractivity contribution in [3.63, 3.8) is 0 Å². The number of nitrogens with zero attached hydrogens (tertiary/aromatic N) is 2. The third kappa shape index (κ3) is 4.46. The first-order chi connectivity index (χ1) is 15.5. The zero-order chi connectivity index (χ0) is 22.7. The Morgan fingerprint density at radius 3 is 2.22 bits per heavy atom. The first kappa shape index (κ1) is 21.5. The average Bonchev–Trinajstić information content (AvgIpc) is 3.25. The standard InChI is InChI=1S/C25H27N3O4/c1-17-6-4-5-7-21(17)27-12-14-28(15-13-27)22-10-9-19(25(30)31-3)16-20(22)26-24(29)23-11-8-18(2)32-23/h4-11,16H,12-15H2,1-3H3,(H,26,29). The molecule has 3 aromatic rings. The topological polar surface area (TPSA) is 75.0 Å². The Morgan fingerprint density at radius 1 is 0.906 bits per heavy atom. The lowest BCUT2D eigenvalue weighted by atomic mass is 10.1. The molecule has 1 aliphatic heterocycles. The molecule has 0 bridgehead atoms. The summed E-state index contributed by atoms with van der Waals surface area (Å²) in [5.74, 6) is 0.0671. The number of piperazine rings is 1. The lowest BCUT2D eigenvalue weighted by Crippen LogP contribution is -2.47. The molecule has 32 heavy (non-hydrogen) atoms. The highest BCUT2D eigenvalue weighted by atomic mass is 16.5. The minimum atomic E-state index is -0.453. The maximum Gasteiger partial charge on any atom is 0.337 e. The van der Waals surface area contributed by atoms with Crippen molar-refractivity contribution < 1.29 is 18.7 Å². The van der Waals surface area contributed by atoms with Crippen molar-refractivity contribution in [3.05, 3.63) is 77.2 Å². The molecule has 4 rings (SSSR count). The number of aryl methyl sites for hydroxylation is 2. The molecule has 1 N–H and O–H groups in total. The van der Waals surface area contributed by atoms with Crippen molar-refractivity contribution in [2.75, 3.05) is 48.4 Å². The van der Waals surface area contributed by atoms with E-state index in [1.54, 1.807) is 31.2 Å². The third-order valence-corrected chi connectivity index (χ3v) is 5.71. The zero-order valence-corrected chi connectivity index (χ0v) is 18.6. The van der Waals surface area contributed by atoms with Crippen molar-refractivity contribution in [1.82, 2.24) is 0 Å². The molecule has 166 valence electrons. The van der Waals surface area contributed by atoms with Gasteiger partial charge in [-0.1, -0.05) is 18.2 Å². The number of anilines is 3. The SMILES string of the molecule is COC(=O)c1ccc(N2CCN(c3ccccc3C)CC2)c(NC(=O)c2ccc(C)o2)c1. The van der Waals surface area contributed by atoms with E-state index in [9.17, 15) is 9.59 Å². The fourth-order valence-electron chi connectivity index (χ4n) is 4.00. The van der Waals surface area contributed by atoms with Crippen molar-refractivity contribution in [2.24, 2.45) is 0 Å². The number of methoxy groups -OCH3 is 1. The summed E-state index contributed by atoms with van der Waals surface area (Å²) in [7, 11) is 1.34. The third-order valence-electron chi connectivity index (χ3n) is 5.71. The normalized spacial score (nSPS) is 13.7. The smallest absolute Gasteiger partial charge is 0.337 e. The minimum absolute atomic E-state index is 0.223. The van der Waals surface area contributed by atoms with Gasteiger partial charge in [-0.05, 0) is 55.8 Å². The molecule has 7 nitrogen and oxygen atoms in total. The van der Waals surface area contributed by atoms with E-state index in [0.717, 1.165) is 31.9 Å². The molecule has 0 aliphatic carbocycles. The second kappa shape index (κ2) is 9.18. The first-order valence-electron chi connectivity index (χ1n) is 10.6. The van der Waals surface area contributed by atoms with Gasteiger partial charge in [-0.25, -0.2) is 4.79 Å². The van der Waals surface area contributed by atoms with Crippen molar-refractivity contribution >= 4 is 28.9 Å². The molecule has 0 unspecified atom stereocenters. The number of furan rings is 1. The molecule has 1 saturated heterocycles. The van der Waals surface area contributed by atoms with E-state index in [1.165, 1.54) is 18.4 Å². The lowest BCUT2D eigenvalue weighted by molar-refractivity contribution is 0.0600. The van der Waals surface area contributed by atoms with Crippen LogP contribution in [-0.2, 0) is 4.74 Å². The van der Waals surface area contributed by atoms with Crippen LogP contribution in [0.5, 0.6) is 0 Å². The molecule has 0 saturated carbocycles. The van der Waals surface area contributed by atoms with Gasteiger partial charge >= 0.3 is 5.97 Å². The average molecular weight is 434 g/mol. The Morgan fingerprint density at radius 2 is 1.59 bits per heavy atom. The minimum Gasteiger partial charge on any atom is -0.465 e. The molecule has 2 heterocycles. The van der Waals surface area contributed by atoms with Gasteiger partial charge in [-0.3, -0.25) is 4.79 Å². The van der Waals surface area contributed by atoms with Gasteiger partial charge in [0, 0.05) is 31.9 Å². The van der Waals surface area contributed by atoms with Crippen molar-refractivity contribution in [3.8, 4) is 0 Å². The summed E-state index contributed by atoms with van der Waals surface area (Å²) in [5, 5.41) is 2.91. The summed E-state index contributed by atoms with van der Waals surface area (Å²) < 4.78 is 10.3. The van der Waals surface area contributed by atoms with Crippen LogP contribution in [-0.4, -0.2) is 45.2 Å². The van der Waals surface area contributed by atoms with E-state index >= 15 is 0 Å². The van der Waals surface area contributed by atoms with E-state index in [1.807, 2.05) is 12.1 Å². The van der Waals surface area contributed by atoms with Crippen LogP contribution in [0, 0.1) is 13.8 Å². The Bertz CT molecular complexity index is 1130. The molecule has 2 aromatic carbocycles. The lowest BCUT2D eigenvalue weighted by Gasteiger charge is -2.38. The highest BCUT2D eigenvalue weighted by Gasteiger charge is 2.23. The quantitative estimate of drug-likeness (QED) is 0.606. The molecule has 1 fully saturated rings. The predicted molar refractivity (Wildman–Crippen MR) is 125 cm³/mol. The molecule has 7 heteroatoms.